The zero-order chi connectivity index (χ0) is 27.1. The van der Waals surface area contributed by atoms with E-state index in [-0.39, 0.29) is 24.0 Å². The van der Waals surface area contributed by atoms with E-state index in [9.17, 15) is 14.4 Å². The minimum Gasteiger partial charge on any atom is -0.491 e. The van der Waals surface area contributed by atoms with E-state index in [4.69, 9.17) is 4.74 Å². The Labute approximate surface area is 232 Å². The maximum Gasteiger partial charge on any atom is 0.253 e. The second-order valence-corrected chi connectivity index (χ2v) is 11.1. The van der Waals surface area contributed by atoms with Crippen molar-refractivity contribution in [3.63, 3.8) is 0 Å². The molecule has 0 atom stereocenters. The standard InChI is InChI=1S/C31H35BrN2O4/c1-3-25(35)11-8-22-16-23(17-22)9-12-26(36)19-34-20-28(27-18-24(32)10-13-29(27)34)31(37)33-14-15-38-30-7-5-4-6-21(30)2/h3-7,10,13,18,20,22-23H,1,8-9,11-12,14-17,19H2,2H3,(H,33,37). The number of allylic oxidation sites excluding steroid dienone is 1. The summed E-state index contributed by atoms with van der Waals surface area (Å²) < 4.78 is 8.55. The minimum atomic E-state index is -0.192. The second kappa shape index (κ2) is 13.1. The van der Waals surface area contributed by atoms with E-state index in [1.54, 1.807) is 6.20 Å². The molecular formula is C31H35BrN2O4. The van der Waals surface area contributed by atoms with Crippen LogP contribution in [-0.2, 0) is 16.1 Å². The lowest BCUT2D eigenvalue weighted by Crippen LogP contribution is -2.28. The first-order valence-corrected chi connectivity index (χ1v) is 14.0. The van der Waals surface area contributed by atoms with Crippen LogP contribution in [0.5, 0.6) is 5.75 Å². The molecule has 1 amide bonds. The van der Waals surface area contributed by atoms with Gasteiger partial charge in [0.25, 0.3) is 5.91 Å². The van der Waals surface area contributed by atoms with E-state index >= 15 is 0 Å². The molecule has 1 aliphatic rings. The number of carbonyl (C=O) groups excluding carboxylic acids is 3. The van der Waals surface area contributed by atoms with Crippen LogP contribution in [0.15, 0.2) is 65.8 Å². The fourth-order valence-electron chi connectivity index (χ4n) is 5.15. The molecule has 0 saturated heterocycles. The number of aryl methyl sites for hydroxylation is 1. The molecule has 200 valence electrons. The van der Waals surface area contributed by atoms with Gasteiger partial charge in [-0.3, -0.25) is 14.4 Å². The van der Waals surface area contributed by atoms with Crippen LogP contribution in [0, 0.1) is 18.8 Å². The van der Waals surface area contributed by atoms with Crippen LogP contribution < -0.4 is 10.1 Å². The average molecular weight is 580 g/mol. The van der Waals surface area contributed by atoms with E-state index in [0.29, 0.717) is 43.4 Å². The number of para-hydroxylation sites is 1. The predicted octanol–water partition coefficient (Wildman–Crippen LogP) is 6.43. The number of aromatic nitrogens is 1. The van der Waals surface area contributed by atoms with Gasteiger partial charge in [0.2, 0.25) is 0 Å². The Bertz CT molecular complexity index is 1320. The van der Waals surface area contributed by atoms with Crippen LogP contribution in [-0.4, -0.2) is 35.2 Å². The lowest BCUT2D eigenvalue weighted by molar-refractivity contribution is -0.120. The van der Waals surface area contributed by atoms with Gasteiger partial charge in [0.15, 0.2) is 11.6 Å². The molecule has 0 spiro atoms. The SMILES string of the molecule is C=CC(=O)CCC1CC(CCC(=O)Cn2cc(C(=O)NCCOc3ccccc3C)c3cc(Br)ccc32)C1. The van der Waals surface area contributed by atoms with Crippen LogP contribution >= 0.6 is 15.9 Å². The topological polar surface area (TPSA) is 77.4 Å². The number of hydrogen-bond acceptors (Lipinski definition) is 4. The number of nitrogens with one attached hydrogen (secondary N) is 1. The molecule has 3 aromatic rings. The number of fused-ring (bicyclic) bond motifs is 1. The summed E-state index contributed by atoms with van der Waals surface area (Å²) in [6.45, 7) is 6.49. The molecule has 0 unspecified atom stereocenters. The summed E-state index contributed by atoms with van der Waals surface area (Å²) in [4.78, 5) is 37.3. The first-order chi connectivity index (χ1) is 18.3. The third kappa shape index (κ3) is 7.22. The molecule has 4 rings (SSSR count). The second-order valence-electron chi connectivity index (χ2n) is 10.2. The van der Waals surface area contributed by atoms with Gasteiger partial charge in [-0.05, 0) is 80.3 Å². The Hall–Kier alpha value is -3.19. The van der Waals surface area contributed by atoms with E-state index in [2.05, 4.69) is 27.8 Å². The number of ether oxygens (including phenoxy) is 1. The Kier molecular flexibility index (Phi) is 9.56. The smallest absolute Gasteiger partial charge is 0.253 e. The lowest BCUT2D eigenvalue weighted by Gasteiger charge is -2.35. The van der Waals surface area contributed by atoms with Gasteiger partial charge in [0, 0.05) is 34.4 Å². The summed E-state index contributed by atoms with van der Waals surface area (Å²) in [6, 6.07) is 13.6. The normalized spacial score (nSPS) is 16.6. The van der Waals surface area contributed by atoms with Crippen LogP contribution in [0.2, 0.25) is 0 Å². The van der Waals surface area contributed by atoms with Gasteiger partial charge in [0.1, 0.15) is 12.4 Å². The molecule has 38 heavy (non-hydrogen) atoms. The molecular weight excluding hydrogens is 544 g/mol. The van der Waals surface area contributed by atoms with E-state index in [1.807, 2.05) is 54.0 Å². The van der Waals surface area contributed by atoms with Crippen molar-refractivity contribution in [1.29, 1.82) is 0 Å². The first-order valence-electron chi connectivity index (χ1n) is 13.3. The lowest BCUT2D eigenvalue weighted by atomic mass is 9.70. The Balaban J connectivity index is 1.30. The van der Waals surface area contributed by atoms with Gasteiger partial charge in [-0.1, -0.05) is 40.7 Å². The molecule has 6 nitrogen and oxygen atoms in total. The third-order valence-corrected chi connectivity index (χ3v) is 7.86. The maximum atomic E-state index is 13.0. The van der Waals surface area contributed by atoms with Gasteiger partial charge in [-0.2, -0.15) is 0 Å². The quantitative estimate of drug-likeness (QED) is 0.176. The molecule has 1 heterocycles. The zero-order valence-electron chi connectivity index (χ0n) is 21.9. The van der Waals surface area contributed by atoms with Crippen molar-refractivity contribution < 1.29 is 19.1 Å². The van der Waals surface area contributed by atoms with Crippen molar-refractivity contribution in [3.8, 4) is 5.75 Å². The molecule has 2 aromatic carbocycles. The highest BCUT2D eigenvalue weighted by Gasteiger charge is 2.29. The Morgan fingerprint density at radius 3 is 2.58 bits per heavy atom. The maximum absolute atomic E-state index is 13.0. The fraction of sp³-hybridized carbons (Fsp3) is 0.387. The number of Topliss-reactive ketones (excluding diaryl/α,β-unsaturated/α-hetero) is 1. The number of hydrogen-bond donors (Lipinski definition) is 1. The first kappa shape index (κ1) is 27.8. The Morgan fingerprint density at radius 1 is 1.11 bits per heavy atom. The largest absolute Gasteiger partial charge is 0.491 e. The predicted molar refractivity (Wildman–Crippen MR) is 154 cm³/mol. The highest BCUT2D eigenvalue weighted by atomic mass is 79.9. The van der Waals surface area contributed by atoms with Gasteiger partial charge in [-0.25, -0.2) is 0 Å². The van der Waals surface area contributed by atoms with Crippen molar-refractivity contribution in [2.24, 2.45) is 11.8 Å². The number of nitrogens with zero attached hydrogens (tertiary/aromatic N) is 1. The van der Waals surface area contributed by atoms with E-state index in [0.717, 1.165) is 52.4 Å². The molecule has 1 N–H and O–H groups in total. The number of benzene rings is 2. The van der Waals surface area contributed by atoms with Crippen molar-refractivity contribution in [2.45, 2.75) is 52.0 Å². The van der Waals surface area contributed by atoms with Crippen molar-refractivity contribution >= 4 is 44.3 Å². The Morgan fingerprint density at radius 2 is 1.84 bits per heavy atom. The summed E-state index contributed by atoms with van der Waals surface area (Å²) in [5.74, 6) is 2.04. The van der Waals surface area contributed by atoms with Crippen LogP contribution in [0.25, 0.3) is 10.9 Å². The van der Waals surface area contributed by atoms with Crippen molar-refractivity contribution in [2.75, 3.05) is 13.2 Å². The summed E-state index contributed by atoms with van der Waals surface area (Å²) in [6.07, 6.45) is 8.26. The van der Waals surface area contributed by atoms with Crippen molar-refractivity contribution in [1.82, 2.24) is 9.88 Å². The summed E-state index contributed by atoms with van der Waals surface area (Å²) in [5, 5.41) is 3.75. The molecule has 0 radical (unpaired) electrons. The van der Waals surface area contributed by atoms with E-state index < -0.39 is 0 Å². The highest BCUT2D eigenvalue weighted by molar-refractivity contribution is 9.10. The molecule has 1 aliphatic carbocycles. The fourth-order valence-corrected chi connectivity index (χ4v) is 5.51. The zero-order valence-corrected chi connectivity index (χ0v) is 23.5. The number of ketones is 2. The highest BCUT2D eigenvalue weighted by Crippen LogP contribution is 2.39. The summed E-state index contributed by atoms with van der Waals surface area (Å²) >= 11 is 3.50. The molecule has 7 heteroatoms. The summed E-state index contributed by atoms with van der Waals surface area (Å²) in [7, 11) is 0. The number of amides is 1. The van der Waals surface area contributed by atoms with Gasteiger partial charge in [-0.15, -0.1) is 0 Å². The van der Waals surface area contributed by atoms with Crippen LogP contribution in [0.3, 0.4) is 0 Å². The van der Waals surface area contributed by atoms with Crippen LogP contribution in [0.4, 0.5) is 0 Å². The van der Waals surface area contributed by atoms with Crippen LogP contribution in [0.1, 0.15) is 54.4 Å². The van der Waals surface area contributed by atoms with Gasteiger partial charge in [0.05, 0.1) is 18.7 Å². The molecule has 1 fully saturated rings. The molecule has 1 saturated carbocycles. The average Bonchev–Trinajstić information content (AvgIpc) is 3.23. The van der Waals surface area contributed by atoms with Gasteiger partial charge >= 0.3 is 0 Å². The molecule has 0 bridgehead atoms. The third-order valence-electron chi connectivity index (χ3n) is 7.36. The van der Waals surface area contributed by atoms with Crippen molar-refractivity contribution in [3.05, 3.63) is 76.9 Å². The molecule has 0 aliphatic heterocycles. The molecule has 1 aromatic heterocycles. The minimum absolute atomic E-state index is 0.109. The monoisotopic (exact) mass is 578 g/mol. The van der Waals surface area contributed by atoms with E-state index in [1.165, 1.54) is 6.08 Å². The summed E-state index contributed by atoms with van der Waals surface area (Å²) in [5.41, 5.74) is 2.45. The number of carbonyl (C=O) groups is 3. The number of rotatable bonds is 14. The number of halogens is 1. The van der Waals surface area contributed by atoms with Gasteiger partial charge < -0.3 is 14.6 Å².